The highest BCUT2D eigenvalue weighted by atomic mass is 79.9. The van der Waals surface area contributed by atoms with E-state index in [-0.39, 0.29) is 5.41 Å². The molecule has 0 atom stereocenters. The normalized spacial score (nSPS) is 10.8. The highest BCUT2D eigenvalue weighted by Crippen LogP contribution is 2.27. The monoisotopic (exact) mass is 299 g/mol. The third-order valence-corrected chi connectivity index (χ3v) is 4.30. The second-order valence-corrected chi connectivity index (χ2v) is 3.83. The Balaban J connectivity index is 4.15. The van der Waals surface area contributed by atoms with Crippen molar-refractivity contribution >= 4 is 49.2 Å². The van der Waals surface area contributed by atoms with Gasteiger partial charge in [0.05, 0.1) is 11.7 Å². The zero-order chi connectivity index (χ0) is 8.74. The summed E-state index contributed by atoms with van der Waals surface area (Å²) in [7, 11) is 0. The number of isothiocyanates is 1. The largest absolute Gasteiger partial charge is 0.232 e. The molecule has 0 aliphatic rings. The SMILES string of the molecule is CCC(CBr)(CBr)CN=C=S. The Kier molecular flexibility index (Phi) is 6.73. The van der Waals surface area contributed by atoms with Crippen LogP contribution in [-0.2, 0) is 0 Å². The van der Waals surface area contributed by atoms with Gasteiger partial charge in [0, 0.05) is 16.1 Å². The van der Waals surface area contributed by atoms with E-state index in [1.54, 1.807) is 0 Å². The first-order chi connectivity index (χ1) is 5.24. The molecule has 0 unspecified atom stereocenters. The highest BCUT2D eigenvalue weighted by molar-refractivity contribution is 9.09. The van der Waals surface area contributed by atoms with E-state index < -0.39 is 0 Å². The summed E-state index contributed by atoms with van der Waals surface area (Å²) in [5.74, 6) is 0. The summed E-state index contributed by atoms with van der Waals surface area (Å²) in [6.45, 7) is 2.91. The number of halogens is 2. The maximum Gasteiger partial charge on any atom is 0.0585 e. The van der Waals surface area contributed by atoms with E-state index >= 15 is 0 Å². The van der Waals surface area contributed by atoms with Crippen LogP contribution in [0.3, 0.4) is 0 Å². The Labute approximate surface area is 89.9 Å². The lowest BCUT2D eigenvalue weighted by Gasteiger charge is -2.25. The van der Waals surface area contributed by atoms with Crippen LogP contribution in [0, 0.1) is 5.41 Å². The Morgan fingerprint density at radius 2 is 2.00 bits per heavy atom. The molecule has 0 aromatic carbocycles. The molecule has 0 aliphatic carbocycles. The summed E-state index contributed by atoms with van der Waals surface area (Å²) in [4.78, 5) is 3.96. The fourth-order valence-corrected chi connectivity index (χ4v) is 2.76. The van der Waals surface area contributed by atoms with E-state index in [0.717, 1.165) is 23.6 Å². The molecule has 0 aromatic rings. The van der Waals surface area contributed by atoms with Gasteiger partial charge in [0.1, 0.15) is 0 Å². The van der Waals surface area contributed by atoms with Crippen molar-refractivity contribution in [2.45, 2.75) is 13.3 Å². The molecule has 0 aromatic heterocycles. The third-order valence-electron chi connectivity index (χ3n) is 1.80. The number of rotatable bonds is 5. The van der Waals surface area contributed by atoms with Crippen LogP contribution < -0.4 is 0 Å². The van der Waals surface area contributed by atoms with Crippen LogP contribution in [-0.4, -0.2) is 22.4 Å². The van der Waals surface area contributed by atoms with Crippen LogP contribution in [0.5, 0.6) is 0 Å². The third kappa shape index (κ3) is 3.79. The van der Waals surface area contributed by atoms with Crippen LogP contribution in [0.25, 0.3) is 0 Å². The van der Waals surface area contributed by atoms with Gasteiger partial charge in [0.15, 0.2) is 0 Å². The van der Waals surface area contributed by atoms with Crippen LogP contribution in [0.15, 0.2) is 4.99 Å². The molecule has 0 bridgehead atoms. The van der Waals surface area contributed by atoms with E-state index in [1.807, 2.05) is 0 Å². The molecule has 0 saturated carbocycles. The number of aliphatic imine (C=N–C) groups is 1. The minimum absolute atomic E-state index is 0.214. The molecule has 4 heteroatoms. The smallest absolute Gasteiger partial charge is 0.0585 e. The standard InChI is InChI=1S/C7H11Br2NS/c1-2-7(3-8,4-9)5-10-6-11/h2-5H2,1H3. The fourth-order valence-electron chi connectivity index (χ4n) is 0.621. The second kappa shape index (κ2) is 6.30. The van der Waals surface area contributed by atoms with Crippen molar-refractivity contribution in [1.29, 1.82) is 0 Å². The Bertz CT molecular complexity index is 142. The van der Waals surface area contributed by atoms with Gasteiger partial charge in [-0.25, -0.2) is 4.99 Å². The molecule has 0 aliphatic heterocycles. The summed E-state index contributed by atoms with van der Waals surface area (Å²) in [5, 5.41) is 4.29. The van der Waals surface area contributed by atoms with E-state index in [0.29, 0.717) is 0 Å². The van der Waals surface area contributed by atoms with Gasteiger partial charge >= 0.3 is 0 Å². The Morgan fingerprint density at radius 1 is 1.45 bits per heavy atom. The molecule has 0 amide bonds. The second-order valence-electron chi connectivity index (χ2n) is 2.53. The van der Waals surface area contributed by atoms with Gasteiger partial charge in [0.2, 0.25) is 0 Å². The van der Waals surface area contributed by atoms with E-state index in [1.165, 1.54) is 0 Å². The number of hydrogen-bond donors (Lipinski definition) is 0. The fraction of sp³-hybridized carbons (Fsp3) is 0.857. The number of nitrogens with zero attached hydrogens (tertiary/aromatic N) is 1. The molecule has 0 rings (SSSR count). The maximum atomic E-state index is 4.52. The van der Waals surface area contributed by atoms with Gasteiger partial charge in [-0.3, -0.25) is 0 Å². The van der Waals surface area contributed by atoms with Crippen LogP contribution >= 0.6 is 44.1 Å². The Hall–Kier alpha value is 0.760. The first-order valence-corrected chi connectivity index (χ1v) is 6.05. The molecular weight excluding hydrogens is 290 g/mol. The van der Waals surface area contributed by atoms with Gasteiger partial charge in [-0.15, -0.1) is 0 Å². The minimum atomic E-state index is 0.214. The van der Waals surface area contributed by atoms with Crippen molar-refractivity contribution < 1.29 is 0 Å². The molecule has 0 heterocycles. The van der Waals surface area contributed by atoms with Crippen molar-refractivity contribution in [1.82, 2.24) is 0 Å². The topological polar surface area (TPSA) is 12.4 Å². The van der Waals surface area contributed by atoms with Crippen molar-refractivity contribution in [3.05, 3.63) is 0 Å². The van der Waals surface area contributed by atoms with Crippen LogP contribution in [0.1, 0.15) is 13.3 Å². The molecule has 0 radical (unpaired) electrons. The van der Waals surface area contributed by atoms with Gasteiger partial charge in [-0.2, -0.15) is 0 Å². The zero-order valence-electron chi connectivity index (χ0n) is 6.44. The van der Waals surface area contributed by atoms with E-state index in [2.05, 4.69) is 61.2 Å². The Morgan fingerprint density at radius 3 is 2.27 bits per heavy atom. The lowest BCUT2D eigenvalue weighted by molar-refractivity contribution is 0.391. The summed E-state index contributed by atoms with van der Waals surface area (Å²) in [6, 6.07) is 0. The maximum absolute atomic E-state index is 4.52. The van der Waals surface area contributed by atoms with Gasteiger partial charge in [-0.05, 0) is 18.6 Å². The predicted molar refractivity (Wildman–Crippen MR) is 60.2 cm³/mol. The summed E-state index contributed by atoms with van der Waals surface area (Å²) in [5.41, 5.74) is 0.214. The van der Waals surface area contributed by atoms with Crippen molar-refractivity contribution in [3.63, 3.8) is 0 Å². The molecular formula is C7H11Br2NS. The van der Waals surface area contributed by atoms with E-state index in [4.69, 9.17) is 0 Å². The van der Waals surface area contributed by atoms with Crippen molar-refractivity contribution in [2.75, 3.05) is 17.2 Å². The van der Waals surface area contributed by atoms with Crippen LogP contribution in [0.2, 0.25) is 0 Å². The van der Waals surface area contributed by atoms with Gasteiger partial charge in [0.25, 0.3) is 0 Å². The average Bonchev–Trinajstić information content (AvgIpc) is 2.08. The lowest BCUT2D eigenvalue weighted by Crippen LogP contribution is -2.27. The average molecular weight is 301 g/mol. The summed E-state index contributed by atoms with van der Waals surface area (Å²) < 4.78 is 0. The molecule has 0 saturated heterocycles. The molecule has 0 spiro atoms. The predicted octanol–water partition coefficient (Wildman–Crippen LogP) is 3.28. The summed E-state index contributed by atoms with van der Waals surface area (Å²) >= 11 is 11.5. The molecule has 0 fully saturated rings. The number of thiocarbonyl (C=S) groups is 1. The van der Waals surface area contributed by atoms with Crippen LogP contribution in [0.4, 0.5) is 0 Å². The molecule has 11 heavy (non-hydrogen) atoms. The molecule has 64 valence electrons. The lowest BCUT2D eigenvalue weighted by atomic mass is 9.90. The summed E-state index contributed by atoms with van der Waals surface area (Å²) in [6.07, 6.45) is 1.09. The van der Waals surface area contributed by atoms with Crippen molar-refractivity contribution in [2.24, 2.45) is 10.4 Å². The number of hydrogen-bond acceptors (Lipinski definition) is 2. The molecule has 0 N–H and O–H groups in total. The molecule has 1 nitrogen and oxygen atoms in total. The minimum Gasteiger partial charge on any atom is -0.232 e. The van der Waals surface area contributed by atoms with E-state index in [9.17, 15) is 0 Å². The van der Waals surface area contributed by atoms with Gasteiger partial charge in [-0.1, -0.05) is 38.8 Å². The first-order valence-electron chi connectivity index (χ1n) is 3.40. The number of alkyl halides is 2. The quantitative estimate of drug-likeness (QED) is 0.431. The van der Waals surface area contributed by atoms with Gasteiger partial charge < -0.3 is 0 Å². The van der Waals surface area contributed by atoms with Crippen molar-refractivity contribution in [3.8, 4) is 0 Å². The zero-order valence-corrected chi connectivity index (χ0v) is 10.4. The highest BCUT2D eigenvalue weighted by Gasteiger charge is 2.24. The first kappa shape index (κ1) is 11.8.